The van der Waals surface area contributed by atoms with Crippen molar-refractivity contribution >= 4 is 5.97 Å². The predicted molar refractivity (Wildman–Crippen MR) is 78.6 cm³/mol. The Bertz CT molecular complexity index is 326. The highest BCUT2D eigenvalue weighted by Gasteiger charge is 2.35. The third-order valence-electron chi connectivity index (χ3n) is 5.11. The lowest BCUT2D eigenvalue weighted by Crippen LogP contribution is -2.47. The largest absolute Gasteiger partial charge is 0.464 e. The van der Waals surface area contributed by atoms with Crippen molar-refractivity contribution in [3.8, 4) is 0 Å². The number of esters is 1. The molecule has 0 N–H and O–H groups in total. The standard InChI is InChI=1S/C16H28N2O2/c19-16-15(7-11-20-16)18-10-5-6-14(13-18)12-17-8-3-1-2-4-9-17/h14-15H,1-13H2/t14-,15-/m0/s1. The van der Waals surface area contributed by atoms with Crippen molar-refractivity contribution in [2.45, 2.75) is 51.0 Å². The van der Waals surface area contributed by atoms with E-state index >= 15 is 0 Å². The molecule has 0 aromatic rings. The molecule has 0 unspecified atom stereocenters. The van der Waals surface area contributed by atoms with E-state index in [2.05, 4.69) is 9.80 Å². The number of carbonyl (C=O) groups excluding carboxylic acids is 1. The van der Waals surface area contributed by atoms with Crippen LogP contribution in [0, 0.1) is 5.92 Å². The molecule has 3 aliphatic heterocycles. The number of piperidine rings is 1. The summed E-state index contributed by atoms with van der Waals surface area (Å²) in [6.07, 6.45) is 9.01. The Morgan fingerprint density at radius 2 is 1.80 bits per heavy atom. The highest BCUT2D eigenvalue weighted by Crippen LogP contribution is 2.24. The zero-order chi connectivity index (χ0) is 13.8. The molecule has 0 aliphatic carbocycles. The van der Waals surface area contributed by atoms with Crippen molar-refractivity contribution in [1.82, 2.24) is 9.80 Å². The molecule has 3 fully saturated rings. The fraction of sp³-hybridized carbons (Fsp3) is 0.938. The van der Waals surface area contributed by atoms with Crippen LogP contribution >= 0.6 is 0 Å². The van der Waals surface area contributed by atoms with Gasteiger partial charge in [-0.25, -0.2) is 0 Å². The van der Waals surface area contributed by atoms with Gasteiger partial charge in [0, 0.05) is 19.5 Å². The molecule has 3 rings (SSSR count). The number of cyclic esters (lactones) is 1. The predicted octanol–water partition coefficient (Wildman–Crippen LogP) is 1.89. The maximum atomic E-state index is 11.7. The van der Waals surface area contributed by atoms with Crippen molar-refractivity contribution in [3.63, 3.8) is 0 Å². The third-order valence-corrected chi connectivity index (χ3v) is 5.11. The first kappa shape index (κ1) is 14.3. The molecule has 4 heteroatoms. The number of rotatable bonds is 3. The Kier molecular flexibility index (Phi) is 4.94. The lowest BCUT2D eigenvalue weighted by Gasteiger charge is -2.37. The monoisotopic (exact) mass is 280 g/mol. The number of hydrogen-bond donors (Lipinski definition) is 0. The summed E-state index contributed by atoms with van der Waals surface area (Å²) in [7, 11) is 0. The van der Waals surface area contributed by atoms with E-state index in [0.29, 0.717) is 6.61 Å². The van der Waals surface area contributed by atoms with Crippen molar-refractivity contribution in [2.24, 2.45) is 5.92 Å². The lowest BCUT2D eigenvalue weighted by atomic mass is 9.95. The van der Waals surface area contributed by atoms with E-state index < -0.39 is 0 Å². The van der Waals surface area contributed by atoms with Crippen LogP contribution in [-0.4, -0.2) is 61.1 Å². The fourth-order valence-electron chi connectivity index (χ4n) is 4.03. The van der Waals surface area contributed by atoms with E-state index in [0.717, 1.165) is 25.4 Å². The Labute approximate surface area is 122 Å². The third kappa shape index (κ3) is 3.53. The highest BCUT2D eigenvalue weighted by molar-refractivity contribution is 5.77. The smallest absolute Gasteiger partial charge is 0.323 e. The topological polar surface area (TPSA) is 32.8 Å². The Morgan fingerprint density at radius 3 is 2.50 bits per heavy atom. The molecule has 0 radical (unpaired) electrons. The molecule has 0 amide bonds. The van der Waals surface area contributed by atoms with Crippen molar-refractivity contribution in [1.29, 1.82) is 0 Å². The summed E-state index contributed by atoms with van der Waals surface area (Å²) in [6, 6.07) is 0.0573. The number of ether oxygens (including phenoxy) is 1. The average molecular weight is 280 g/mol. The molecular weight excluding hydrogens is 252 g/mol. The van der Waals surface area contributed by atoms with Gasteiger partial charge < -0.3 is 9.64 Å². The van der Waals surface area contributed by atoms with Gasteiger partial charge in [0.05, 0.1) is 6.61 Å². The minimum absolute atomic E-state index is 0.0143. The summed E-state index contributed by atoms with van der Waals surface area (Å²) in [4.78, 5) is 16.8. The number of nitrogens with zero attached hydrogens (tertiary/aromatic N) is 2. The number of hydrogen-bond acceptors (Lipinski definition) is 4. The molecule has 114 valence electrons. The summed E-state index contributed by atoms with van der Waals surface area (Å²) in [5, 5.41) is 0. The van der Waals surface area contributed by atoms with Crippen LogP contribution in [0.15, 0.2) is 0 Å². The SMILES string of the molecule is O=C1OCC[C@@H]1N1CCC[C@@H](CN2CCCCCC2)C1. The van der Waals surface area contributed by atoms with Crippen LogP contribution in [-0.2, 0) is 9.53 Å². The van der Waals surface area contributed by atoms with Gasteiger partial charge in [-0.1, -0.05) is 12.8 Å². The van der Waals surface area contributed by atoms with Gasteiger partial charge in [-0.05, 0) is 51.2 Å². The van der Waals surface area contributed by atoms with Crippen molar-refractivity contribution in [3.05, 3.63) is 0 Å². The van der Waals surface area contributed by atoms with E-state index in [-0.39, 0.29) is 12.0 Å². The number of likely N-dealkylation sites (tertiary alicyclic amines) is 2. The molecule has 4 nitrogen and oxygen atoms in total. The summed E-state index contributed by atoms with van der Waals surface area (Å²) < 4.78 is 5.13. The molecule has 3 aliphatic rings. The Balaban J connectivity index is 1.51. The van der Waals surface area contributed by atoms with Gasteiger partial charge in [-0.15, -0.1) is 0 Å². The van der Waals surface area contributed by atoms with Crippen molar-refractivity contribution < 1.29 is 9.53 Å². The molecular formula is C16H28N2O2. The van der Waals surface area contributed by atoms with Crippen LogP contribution in [0.1, 0.15) is 44.9 Å². The van der Waals surface area contributed by atoms with Gasteiger partial charge in [0.2, 0.25) is 0 Å². The van der Waals surface area contributed by atoms with Gasteiger partial charge in [0.15, 0.2) is 0 Å². The minimum atomic E-state index is 0.0143. The molecule has 0 spiro atoms. The Hall–Kier alpha value is -0.610. The van der Waals surface area contributed by atoms with Crippen LogP contribution in [0.4, 0.5) is 0 Å². The van der Waals surface area contributed by atoms with Crippen LogP contribution in [0.5, 0.6) is 0 Å². The zero-order valence-corrected chi connectivity index (χ0v) is 12.6. The molecule has 0 aromatic carbocycles. The number of carbonyl (C=O) groups is 1. The zero-order valence-electron chi connectivity index (χ0n) is 12.6. The van der Waals surface area contributed by atoms with Gasteiger partial charge in [0.1, 0.15) is 6.04 Å². The summed E-state index contributed by atoms with van der Waals surface area (Å²) >= 11 is 0. The maximum absolute atomic E-state index is 11.7. The normalized spacial score (nSPS) is 33.9. The Morgan fingerprint density at radius 1 is 1.00 bits per heavy atom. The van der Waals surface area contributed by atoms with E-state index in [1.807, 2.05) is 0 Å². The van der Waals surface area contributed by atoms with E-state index in [1.54, 1.807) is 0 Å². The van der Waals surface area contributed by atoms with Crippen LogP contribution in [0.25, 0.3) is 0 Å². The van der Waals surface area contributed by atoms with Gasteiger partial charge in [-0.3, -0.25) is 9.69 Å². The molecule has 0 saturated carbocycles. The van der Waals surface area contributed by atoms with Gasteiger partial charge >= 0.3 is 5.97 Å². The van der Waals surface area contributed by atoms with Crippen LogP contribution in [0.2, 0.25) is 0 Å². The van der Waals surface area contributed by atoms with Gasteiger partial charge in [-0.2, -0.15) is 0 Å². The maximum Gasteiger partial charge on any atom is 0.323 e. The van der Waals surface area contributed by atoms with Crippen LogP contribution in [0.3, 0.4) is 0 Å². The van der Waals surface area contributed by atoms with Gasteiger partial charge in [0.25, 0.3) is 0 Å². The van der Waals surface area contributed by atoms with Crippen LogP contribution < -0.4 is 0 Å². The first-order valence-electron chi connectivity index (χ1n) is 8.46. The second kappa shape index (κ2) is 6.90. The van der Waals surface area contributed by atoms with E-state index in [9.17, 15) is 4.79 Å². The first-order chi connectivity index (χ1) is 9.83. The molecule has 3 heterocycles. The average Bonchev–Trinajstić information content (AvgIpc) is 2.72. The molecule has 2 atom stereocenters. The first-order valence-corrected chi connectivity index (χ1v) is 8.46. The minimum Gasteiger partial charge on any atom is -0.464 e. The summed E-state index contributed by atoms with van der Waals surface area (Å²) in [5.74, 6) is 0.760. The van der Waals surface area contributed by atoms with E-state index in [4.69, 9.17) is 4.74 Å². The molecule has 20 heavy (non-hydrogen) atoms. The quantitative estimate of drug-likeness (QED) is 0.739. The highest BCUT2D eigenvalue weighted by atomic mass is 16.5. The summed E-state index contributed by atoms with van der Waals surface area (Å²) in [6.45, 7) is 6.59. The molecule has 0 aromatic heterocycles. The second-order valence-corrected chi connectivity index (χ2v) is 6.69. The van der Waals surface area contributed by atoms with Crippen molar-refractivity contribution in [2.75, 3.05) is 39.3 Å². The molecule has 3 saturated heterocycles. The lowest BCUT2D eigenvalue weighted by molar-refractivity contribution is -0.142. The fourth-order valence-corrected chi connectivity index (χ4v) is 4.03. The molecule has 0 bridgehead atoms. The van der Waals surface area contributed by atoms with E-state index in [1.165, 1.54) is 58.2 Å². The second-order valence-electron chi connectivity index (χ2n) is 6.69. The summed E-state index contributed by atoms with van der Waals surface area (Å²) in [5.41, 5.74) is 0.